The number of halogens is 1. The van der Waals surface area contributed by atoms with E-state index in [2.05, 4.69) is 17.6 Å². The van der Waals surface area contributed by atoms with Crippen molar-refractivity contribution in [3.05, 3.63) is 29.3 Å². The Morgan fingerprint density at radius 2 is 2.16 bits per heavy atom. The predicted octanol–water partition coefficient (Wildman–Crippen LogP) is 3.45. The molecule has 0 saturated heterocycles. The van der Waals surface area contributed by atoms with Gasteiger partial charge in [-0.25, -0.2) is 0 Å². The van der Waals surface area contributed by atoms with Crippen LogP contribution >= 0.6 is 11.6 Å². The van der Waals surface area contributed by atoms with Gasteiger partial charge in [0.05, 0.1) is 6.54 Å². The van der Waals surface area contributed by atoms with Gasteiger partial charge in [-0.3, -0.25) is 4.79 Å². The van der Waals surface area contributed by atoms with Crippen LogP contribution in [0.15, 0.2) is 24.3 Å². The number of amides is 1. The molecule has 3 nitrogen and oxygen atoms in total. The lowest BCUT2D eigenvalue weighted by atomic mass is 9.86. The monoisotopic (exact) mass is 280 g/mol. The first-order chi connectivity index (χ1) is 9.15. The van der Waals surface area contributed by atoms with Crippen LogP contribution in [0.25, 0.3) is 0 Å². The standard InChI is InChI=1S/C15H21ClN2O/c1-11-5-2-3-8-14(11)17-10-15(19)18-13-7-4-6-12(16)9-13/h4,6-7,9,11,14,17H,2-3,5,8,10H2,1H3,(H,18,19). The zero-order valence-electron chi connectivity index (χ0n) is 11.3. The molecular weight excluding hydrogens is 260 g/mol. The van der Waals surface area contributed by atoms with Gasteiger partial charge in [0.15, 0.2) is 0 Å². The van der Waals surface area contributed by atoms with Gasteiger partial charge in [-0.1, -0.05) is 37.4 Å². The molecule has 1 fully saturated rings. The fourth-order valence-electron chi connectivity index (χ4n) is 2.61. The van der Waals surface area contributed by atoms with Gasteiger partial charge in [-0.15, -0.1) is 0 Å². The van der Waals surface area contributed by atoms with Crippen LogP contribution in [0.3, 0.4) is 0 Å². The van der Waals surface area contributed by atoms with Crippen molar-refractivity contribution in [3.8, 4) is 0 Å². The zero-order chi connectivity index (χ0) is 13.7. The number of hydrogen-bond donors (Lipinski definition) is 2. The van der Waals surface area contributed by atoms with Gasteiger partial charge in [-0.05, 0) is 37.0 Å². The van der Waals surface area contributed by atoms with Crippen molar-refractivity contribution in [1.82, 2.24) is 5.32 Å². The van der Waals surface area contributed by atoms with Crippen LogP contribution in [0.4, 0.5) is 5.69 Å². The molecule has 0 heterocycles. The van der Waals surface area contributed by atoms with E-state index in [1.54, 1.807) is 12.1 Å². The van der Waals surface area contributed by atoms with Crippen molar-refractivity contribution in [2.45, 2.75) is 38.6 Å². The summed E-state index contributed by atoms with van der Waals surface area (Å²) in [6.07, 6.45) is 5.01. The highest BCUT2D eigenvalue weighted by molar-refractivity contribution is 6.30. The number of rotatable bonds is 4. The van der Waals surface area contributed by atoms with E-state index in [-0.39, 0.29) is 5.91 Å². The van der Waals surface area contributed by atoms with E-state index in [0.717, 1.165) is 5.69 Å². The summed E-state index contributed by atoms with van der Waals surface area (Å²) in [5.41, 5.74) is 0.746. The second-order valence-corrected chi connectivity index (χ2v) is 5.74. The number of benzene rings is 1. The molecule has 2 unspecified atom stereocenters. The van der Waals surface area contributed by atoms with Crippen LogP contribution in [-0.4, -0.2) is 18.5 Å². The summed E-state index contributed by atoms with van der Waals surface area (Å²) in [5.74, 6) is 0.646. The molecule has 0 aliphatic heterocycles. The van der Waals surface area contributed by atoms with Crippen LogP contribution < -0.4 is 10.6 Å². The molecule has 2 rings (SSSR count). The summed E-state index contributed by atoms with van der Waals surface area (Å²) in [4.78, 5) is 11.9. The van der Waals surface area contributed by atoms with Crippen molar-refractivity contribution >= 4 is 23.2 Å². The first kappa shape index (κ1) is 14.4. The smallest absolute Gasteiger partial charge is 0.238 e. The Bertz CT molecular complexity index is 436. The maximum absolute atomic E-state index is 11.9. The Balaban J connectivity index is 1.78. The van der Waals surface area contributed by atoms with E-state index in [1.807, 2.05) is 12.1 Å². The van der Waals surface area contributed by atoms with Crippen LogP contribution in [0.5, 0.6) is 0 Å². The third-order valence-electron chi connectivity index (χ3n) is 3.74. The second-order valence-electron chi connectivity index (χ2n) is 5.31. The van der Waals surface area contributed by atoms with E-state index in [9.17, 15) is 4.79 Å². The Labute approximate surface area is 119 Å². The number of nitrogens with one attached hydrogen (secondary N) is 2. The molecule has 1 aliphatic rings. The maximum Gasteiger partial charge on any atom is 0.238 e. The summed E-state index contributed by atoms with van der Waals surface area (Å²) < 4.78 is 0. The van der Waals surface area contributed by atoms with Gasteiger partial charge in [0, 0.05) is 16.8 Å². The second kappa shape index (κ2) is 6.92. The maximum atomic E-state index is 11.9. The molecule has 0 radical (unpaired) electrons. The summed E-state index contributed by atoms with van der Waals surface area (Å²) >= 11 is 5.88. The third-order valence-corrected chi connectivity index (χ3v) is 3.98. The summed E-state index contributed by atoms with van der Waals surface area (Å²) in [6.45, 7) is 2.62. The Hall–Kier alpha value is -1.06. The molecular formula is C15H21ClN2O. The van der Waals surface area contributed by atoms with E-state index < -0.39 is 0 Å². The molecule has 0 aromatic heterocycles. The van der Waals surface area contributed by atoms with E-state index in [4.69, 9.17) is 11.6 Å². The highest BCUT2D eigenvalue weighted by atomic mass is 35.5. The predicted molar refractivity (Wildman–Crippen MR) is 79.5 cm³/mol. The van der Waals surface area contributed by atoms with Gasteiger partial charge in [0.25, 0.3) is 0 Å². The molecule has 0 spiro atoms. The van der Waals surface area contributed by atoms with Gasteiger partial charge < -0.3 is 10.6 Å². The Morgan fingerprint density at radius 1 is 1.37 bits per heavy atom. The number of hydrogen-bond acceptors (Lipinski definition) is 2. The highest BCUT2D eigenvalue weighted by Crippen LogP contribution is 2.23. The number of anilines is 1. The molecule has 2 N–H and O–H groups in total. The molecule has 104 valence electrons. The average molecular weight is 281 g/mol. The van der Waals surface area contributed by atoms with Crippen molar-refractivity contribution in [2.75, 3.05) is 11.9 Å². The first-order valence-corrected chi connectivity index (χ1v) is 7.32. The Morgan fingerprint density at radius 3 is 2.89 bits per heavy atom. The largest absolute Gasteiger partial charge is 0.325 e. The van der Waals surface area contributed by atoms with Crippen molar-refractivity contribution < 1.29 is 4.79 Å². The minimum Gasteiger partial charge on any atom is -0.325 e. The summed E-state index contributed by atoms with van der Waals surface area (Å²) in [5, 5.41) is 6.84. The van der Waals surface area contributed by atoms with Gasteiger partial charge in [0.2, 0.25) is 5.91 Å². The molecule has 1 amide bonds. The van der Waals surface area contributed by atoms with E-state index in [1.165, 1.54) is 25.7 Å². The fourth-order valence-corrected chi connectivity index (χ4v) is 2.81. The molecule has 2 atom stereocenters. The van der Waals surface area contributed by atoms with Gasteiger partial charge >= 0.3 is 0 Å². The van der Waals surface area contributed by atoms with E-state index >= 15 is 0 Å². The molecule has 4 heteroatoms. The summed E-state index contributed by atoms with van der Waals surface area (Å²) in [6, 6.07) is 7.68. The van der Waals surface area contributed by atoms with Crippen LogP contribution in [0, 0.1) is 5.92 Å². The van der Waals surface area contributed by atoms with Crippen LogP contribution in [0.1, 0.15) is 32.6 Å². The quantitative estimate of drug-likeness (QED) is 0.887. The van der Waals surface area contributed by atoms with Crippen molar-refractivity contribution in [2.24, 2.45) is 5.92 Å². The van der Waals surface area contributed by atoms with Crippen molar-refractivity contribution in [3.63, 3.8) is 0 Å². The SMILES string of the molecule is CC1CCCCC1NCC(=O)Nc1cccc(Cl)c1. The highest BCUT2D eigenvalue weighted by Gasteiger charge is 2.21. The summed E-state index contributed by atoms with van der Waals surface area (Å²) in [7, 11) is 0. The lowest BCUT2D eigenvalue weighted by molar-refractivity contribution is -0.115. The van der Waals surface area contributed by atoms with Gasteiger partial charge in [0.1, 0.15) is 0 Å². The molecule has 1 aliphatic carbocycles. The van der Waals surface area contributed by atoms with Gasteiger partial charge in [-0.2, -0.15) is 0 Å². The topological polar surface area (TPSA) is 41.1 Å². The third kappa shape index (κ3) is 4.51. The molecule has 1 saturated carbocycles. The minimum absolute atomic E-state index is 0.0139. The van der Waals surface area contributed by atoms with Crippen LogP contribution in [-0.2, 0) is 4.79 Å². The lowest BCUT2D eigenvalue weighted by Crippen LogP contribution is -2.41. The number of carbonyl (C=O) groups is 1. The van der Waals surface area contributed by atoms with Crippen LogP contribution in [0.2, 0.25) is 5.02 Å². The first-order valence-electron chi connectivity index (χ1n) is 6.94. The normalized spacial score (nSPS) is 23.1. The Kier molecular flexibility index (Phi) is 5.23. The molecule has 1 aromatic rings. The van der Waals surface area contributed by atoms with E-state index in [0.29, 0.717) is 23.5 Å². The fraction of sp³-hybridized carbons (Fsp3) is 0.533. The molecule has 19 heavy (non-hydrogen) atoms. The zero-order valence-corrected chi connectivity index (χ0v) is 12.0. The molecule has 1 aromatic carbocycles. The average Bonchev–Trinajstić information content (AvgIpc) is 2.38. The van der Waals surface area contributed by atoms with Crippen molar-refractivity contribution in [1.29, 1.82) is 0 Å². The lowest BCUT2D eigenvalue weighted by Gasteiger charge is -2.29. The number of carbonyl (C=O) groups excluding carboxylic acids is 1. The minimum atomic E-state index is -0.0139. The molecule has 0 bridgehead atoms.